The van der Waals surface area contributed by atoms with Crippen molar-refractivity contribution in [3.8, 4) is 11.3 Å². The lowest BCUT2D eigenvalue weighted by molar-refractivity contribution is -0.114. The number of carbonyl (C=O) groups excluding carboxylic acids is 1. The summed E-state index contributed by atoms with van der Waals surface area (Å²) in [6.45, 7) is 5.39. The number of benzene rings is 2. The van der Waals surface area contributed by atoms with Crippen LogP contribution in [0.5, 0.6) is 0 Å². The van der Waals surface area contributed by atoms with E-state index >= 15 is 0 Å². The van der Waals surface area contributed by atoms with Gasteiger partial charge in [-0.25, -0.2) is 13.4 Å². The fourth-order valence-electron chi connectivity index (χ4n) is 2.55. The van der Waals surface area contributed by atoms with Gasteiger partial charge in [0.2, 0.25) is 5.91 Å². The Bertz CT molecular complexity index is 1090. The van der Waals surface area contributed by atoms with Crippen LogP contribution in [0.15, 0.2) is 52.7 Å². The number of carbonyl (C=O) groups is 1. The third-order valence-corrected chi connectivity index (χ3v) is 6.12. The lowest BCUT2D eigenvalue weighted by atomic mass is 10.0. The molecule has 2 aromatic carbocycles. The van der Waals surface area contributed by atoms with E-state index in [0.717, 1.165) is 22.4 Å². The van der Waals surface area contributed by atoms with Crippen molar-refractivity contribution in [2.24, 2.45) is 0 Å². The average molecular weight is 402 g/mol. The van der Waals surface area contributed by atoms with E-state index in [1.165, 1.54) is 30.4 Å². The average Bonchev–Trinajstić information content (AvgIpc) is 3.04. The van der Waals surface area contributed by atoms with Crippen molar-refractivity contribution in [2.75, 3.05) is 10.0 Å². The molecule has 0 unspecified atom stereocenters. The first-order valence-electron chi connectivity index (χ1n) is 8.18. The molecule has 0 aliphatic carbocycles. The molecule has 3 rings (SSSR count). The molecule has 8 heteroatoms. The maximum atomic E-state index is 12.6. The molecular formula is C19H19N3O3S2. The van der Waals surface area contributed by atoms with Gasteiger partial charge in [-0.15, -0.1) is 11.3 Å². The minimum atomic E-state index is -3.76. The predicted octanol–water partition coefficient (Wildman–Crippen LogP) is 4.19. The Morgan fingerprint density at radius 3 is 2.44 bits per heavy atom. The minimum Gasteiger partial charge on any atom is -0.326 e. The summed E-state index contributed by atoms with van der Waals surface area (Å²) in [6, 6.07) is 12.0. The molecular weight excluding hydrogens is 382 g/mol. The SMILES string of the molecule is CC(=O)Nc1ccc(S(=O)(=O)Nc2nc(-c3cc(C)ccc3C)cs2)cc1. The van der Waals surface area contributed by atoms with E-state index < -0.39 is 10.0 Å². The molecule has 0 spiro atoms. The van der Waals surface area contributed by atoms with E-state index in [4.69, 9.17) is 0 Å². The molecule has 140 valence electrons. The molecule has 0 saturated heterocycles. The largest absolute Gasteiger partial charge is 0.326 e. The van der Waals surface area contributed by atoms with Crippen LogP contribution in [0.3, 0.4) is 0 Å². The van der Waals surface area contributed by atoms with Gasteiger partial charge in [-0.1, -0.05) is 17.7 Å². The van der Waals surface area contributed by atoms with Crippen LogP contribution in [0.25, 0.3) is 11.3 Å². The molecule has 0 saturated carbocycles. The second-order valence-electron chi connectivity index (χ2n) is 6.17. The fraction of sp³-hybridized carbons (Fsp3) is 0.158. The van der Waals surface area contributed by atoms with Crippen LogP contribution in [-0.4, -0.2) is 19.3 Å². The van der Waals surface area contributed by atoms with E-state index in [-0.39, 0.29) is 10.8 Å². The molecule has 1 aromatic heterocycles. The number of hydrogen-bond acceptors (Lipinski definition) is 5. The van der Waals surface area contributed by atoms with Crippen molar-refractivity contribution in [1.82, 2.24) is 4.98 Å². The number of amides is 1. The Hall–Kier alpha value is -2.71. The normalized spacial score (nSPS) is 11.2. The minimum absolute atomic E-state index is 0.0973. The summed E-state index contributed by atoms with van der Waals surface area (Å²) in [5.41, 5.74) is 4.45. The summed E-state index contributed by atoms with van der Waals surface area (Å²) in [5.74, 6) is -0.217. The molecule has 0 atom stereocenters. The van der Waals surface area contributed by atoms with Gasteiger partial charge in [0.1, 0.15) is 0 Å². The van der Waals surface area contributed by atoms with E-state index in [0.29, 0.717) is 10.8 Å². The highest BCUT2D eigenvalue weighted by Crippen LogP contribution is 2.29. The molecule has 0 aliphatic heterocycles. The van der Waals surface area contributed by atoms with Crippen LogP contribution < -0.4 is 10.0 Å². The Morgan fingerprint density at radius 2 is 1.78 bits per heavy atom. The first-order chi connectivity index (χ1) is 12.7. The molecule has 1 amide bonds. The fourth-order valence-corrected chi connectivity index (χ4v) is 4.51. The van der Waals surface area contributed by atoms with Crippen LogP contribution in [0, 0.1) is 13.8 Å². The molecule has 27 heavy (non-hydrogen) atoms. The second kappa shape index (κ2) is 7.50. The van der Waals surface area contributed by atoms with Crippen LogP contribution in [0.1, 0.15) is 18.1 Å². The van der Waals surface area contributed by atoms with Crippen molar-refractivity contribution >= 4 is 38.1 Å². The Morgan fingerprint density at radius 1 is 1.07 bits per heavy atom. The maximum Gasteiger partial charge on any atom is 0.263 e. The number of sulfonamides is 1. The third kappa shape index (κ3) is 4.53. The first kappa shape index (κ1) is 19.1. The monoisotopic (exact) mass is 401 g/mol. The summed E-state index contributed by atoms with van der Waals surface area (Å²) in [6.07, 6.45) is 0. The molecule has 2 N–H and O–H groups in total. The van der Waals surface area contributed by atoms with Gasteiger partial charge < -0.3 is 5.32 Å². The van der Waals surface area contributed by atoms with Crippen LogP contribution in [0.2, 0.25) is 0 Å². The Balaban J connectivity index is 1.81. The van der Waals surface area contributed by atoms with Crippen molar-refractivity contribution < 1.29 is 13.2 Å². The Labute approximate surface area is 162 Å². The number of aromatic nitrogens is 1. The summed E-state index contributed by atoms with van der Waals surface area (Å²) < 4.78 is 27.7. The zero-order valence-electron chi connectivity index (χ0n) is 15.1. The lowest BCUT2D eigenvalue weighted by Gasteiger charge is -2.07. The topological polar surface area (TPSA) is 88.2 Å². The summed E-state index contributed by atoms with van der Waals surface area (Å²) in [7, 11) is -3.76. The van der Waals surface area contributed by atoms with E-state index in [1.807, 2.05) is 37.4 Å². The molecule has 3 aromatic rings. The van der Waals surface area contributed by atoms with Gasteiger partial charge in [-0.3, -0.25) is 9.52 Å². The van der Waals surface area contributed by atoms with Gasteiger partial charge in [-0.05, 0) is 49.7 Å². The number of rotatable bonds is 5. The predicted molar refractivity (Wildman–Crippen MR) is 109 cm³/mol. The Kier molecular flexibility index (Phi) is 5.29. The number of aryl methyl sites for hydroxylation is 2. The van der Waals surface area contributed by atoms with Gasteiger partial charge in [0.15, 0.2) is 5.13 Å². The van der Waals surface area contributed by atoms with Gasteiger partial charge in [0.05, 0.1) is 10.6 Å². The number of nitrogens with one attached hydrogen (secondary N) is 2. The molecule has 1 heterocycles. The molecule has 0 aliphatic rings. The van der Waals surface area contributed by atoms with Crippen molar-refractivity contribution in [2.45, 2.75) is 25.7 Å². The van der Waals surface area contributed by atoms with Crippen LogP contribution in [0.4, 0.5) is 10.8 Å². The number of thiazole rings is 1. The van der Waals surface area contributed by atoms with Crippen molar-refractivity contribution in [1.29, 1.82) is 0 Å². The third-order valence-electron chi connectivity index (χ3n) is 3.88. The van der Waals surface area contributed by atoms with Gasteiger partial charge >= 0.3 is 0 Å². The quantitative estimate of drug-likeness (QED) is 0.671. The number of hydrogen-bond donors (Lipinski definition) is 2. The summed E-state index contributed by atoms with van der Waals surface area (Å²) >= 11 is 1.23. The zero-order valence-corrected chi connectivity index (χ0v) is 16.7. The second-order valence-corrected chi connectivity index (χ2v) is 8.71. The highest BCUT2D eigenvalue weighted by molar-refractivity contribution is 7.93. The molecule has 0 bridgehead atoms. The zero-order chi connectivity index (χ0) is 19.6. The summed E-state index contributed by atoms with van der Waals surface area (Å²) in [5, 5.41) is 4.74. The molecule has 0 fully saturated rings. The smallest absolute Gasteiger partial charge is 0.263 e. The highest BCUT2D eigenvalue weighted by Gasteiger charge is 2.17. The lowest BCUT2D eigenvalue weighted by Crippen LogP contribution is -2.13. The summed E-state index contributed by atoms with van der Waals surface area (Å²) in [4.78, 5) is 15.6. The highest BCUT2D eigenvalue weighted by atomic mass is 32.2. The standard InChI is InChI=1S/C19H19N3O3S2/c1-12-4-5-13(2)17(10-12)18-11-26-19(21-18)22-27(24,25)16-8-6-15(7-9-16)20-14(3)23/h4-11H,1-3H3,(H,20,23)(H,21,22). The van der Waals surface area contributed by atoms with Gasteiger partial charge in [0, 0.05) is 23.6 Å². The first-order valence-corrected chi connectivity index (χ1v) is 10.5. The van der Waals surface area contributed by atoms with Crippen molar-refractivity contribution in [3.63, 3.8) is 0 Å². The van der Waals surface area contributed by atoms with Gasteiger partial charge in [-0.2, -0.15) is 0 Å². The number of nitrogens with zero attached hydrogens (tertiary/aromatic N) is 1. The van der Waals surface area contributed by atoms with Crippen LogP contribution >= 0.6 is 11.3 Å². The maximum absolute atomic E-state index is 12.6. The number of anilines is 2. The van der Waals surface area contributed by atoms with E-state index in [9.17, 15) is 13.2 Å². The van der Waals surface area contributed by atoms with Crippen LogP contribution in [-0.2, 0) is 14.8 Å². The van der Waals surface area contributed by atoms with E-state index in [2.05, 4.69) is 15.0 Å². The van der Waals surface area contributed by atoms with Crippen molar-refractivity contribution in [3.05, 3.63) is 59.0 Å². The molecule has 0 radical (unpaired) electrons. The van der Waals surface area contributed by atoms with E-state index in [1.54, 1.807) is 12.1 Å². The van der Waals surface area contributed by atoms with Gasteiger partial charge in [0.25, 0.3) is 10.0 Å². The molecule has 6 nitrogen and oxygen atoms in total.